The van der Waals surface area contributed by atoms with Gasteiger partial charge in [-0.05, 0) is 47.0 Å². The van der Waals surface area contributed by atoms with Crippen molar-refractivity contribution in [3.05, 3.63) is 0 Å². The van der Waals surface area contributed by atoms with Crippen molar-refractivity contribution in [2.75, 3.05) is 26.4 Å². The zero-order valence-electron chi connectivity index (χ0n) is 14.9. The molecule has 0 bridgehead atoms. The first kappa shape index (κ1) is 20.8. The number of unbranched alkanes of at least 4 members (excludes halogenated alkanes) is 1. The van der Waals surface area contributed by atoms with E-state index in [1.54, 1.807) is 0 Å². The quantitative estimate of drug-likeness (QED) is 0.395. The van der Waals surface area contributed by atoms with Crippen LogP contribution in [0.25, 0.3) is 0 Å². The van der Waals surface area contributed by atoms with Gasteiger partial charge in [0.1, 0.15) is 0 Å². The van der Waals surface area contributed by atoms with Crippen LogP contribution in [0.5, 0.6) is 0 Å². The Morgan fingerprint density at radius 3 is 2.26 bits per heavy atom. The molecule has 0 aromatic heterocycles. The monoisotopic (exact) mass is 346 g/mol. The van der Waals surface area contributed by atoms with Gasteiger partial charge in [0.15, 0.2) is 6.29 Å². The molecule has 134 valence electrons. The van der Waals surface area contributed by atoms with Crippen LogP contribution < -0.4 is 0 Å². The highest BCUT2D eigenvalue weighted by Crippen LogP contribution is 2.46. The van der Waals surface area contributed by atoms with E-state index in [4.69, 9.17) is 23.8 Å². The van der Waals surface area contributed by atoms with Crippen molar-refractivity contribution in [1.82, 2.24) is 4.67 Å². The minimum absolute atomic E-state index is 0.0359. The Morgan fingerprint density at radius 2 is 1.70 bits per heavy atom. The molecule has 0 amide bonds. The lowest BCUT2D eigenvalue weighted by Gasteiger charge is -2.35. The van der Waals surface area contributed by atoms with E-state index < -0.39 is 8.53 Å². The third-order valence-electron chi connectivity index (χ3n) is 3.39. The largest absolute Gasteiger partial charge is 0.350 e. The number of hydrogen-bond donors (Lipinski definition) is 0. The molecular formula is C16H31N2O4P. The molecule has 0 aromatic rings. The maximum atomic E-state index is 8.69. The fraction of sp³-hybridized carbons (Fsp3) is 0.938. The Kier molecular flexibility index (Phi) is 11.0. The van der Waals surface area contributed by atoms with Crippen LogP contribution in [0.15, 0.2) is 0 Å². The van der Waals surface area contributed by atoms with Crippen molar-refractivity contribution in [1.29, 1.82) is 5.26 Å². The van der Waals surface area contributed by atoms with E-state index in [0.717, 1.165) is 19.3 Å². The molecule has 0 N–H and O–H groups in total. The second-order valence-electron chi connectivity index (χ2n) is 6.05. The molecule has 1 atom stereocenters. The maximum absolute atomic E-state index is 8.69. The van der Waals surface area contributed by atoms with Crippen LogP contribution >= 0.6 is 8.53 Å². The van der Waals surface area contributed by atoms with Crippen molar-refractivity contribution < 1.29 is 18.5 Å². The molecule has 0 aliphatic carbocycles. The van der Waals surface area contributed by atoms with Gasteiger partial charge in [-0.2, -0.15) is 5.26 Å². The summed E-state index contributed by atoms with van der Waals surface area (Å²) in [5, 5.41) is 8.69. The summed E-state index contributed by atoms with van der Waals surface area (Å²) in [4.78, 5) is 0. The molecule has 1 fully saturated rings. The highest BCUT2D eigenvalue weighted by atomic mass is 31.2. The lowest BCUT2D eigenvalue weighted by Crippen LogP contribution is -2.33. The first-order chi connectivity index (χ1) is 11.1. The summed E-state index contributed by atoms with van der Waals surface area (Å²) in [6.45, 7) is 11.0. The lowest BCUT2D eigenvalue weighted by atomic mass is 10.2. The standard InChI is InChI=1S/C16H31N2O4P/c1-14(2)18(15(3)4)23(22-11-7-9-17)21-10-6-5-8-16-19-12-13-20-16/h14-16H,5-8,10-13H2,1-4H3. The molecule has 0 radical (unpaired) electrons. The smallest absolute Gasteiger partial charge is 0.259 e. The maximum Gasteiger partial charge on any atom is 0.259 e. The van der Waals surface area contributed by atoms with E-state index >= 15 is 0 Å². The second-order valence-corrected chi connectivity index (χ2v) is 7.50. The SMILES string of the molecule is CC(C)N(C(C)C)P(OCCC#N)OCCCCC1OCCO1. The van der Waals surface area contributed by atoms with E-state index in [2.05, 4.69) is 38.4 Å². The van der Waals surface area contributed by atoms with Crippen LogP contribution in [0, 0.1) is 11.3 Å². The van der Waals surface area contributed by atoms with Crippen LogP contribution in [-0.4, -0.2) is 49.5 Å². The fourth-order valence-corrected chi connectivity index (χ4v) is 4.07. The fourth-order valence-electron chi connectivity index (χ4n) is 2.44. The van der Waals surface area contributed by atoms with E-state index in [1.807, 2.05) is 0 Å². The molecule has 1 heterocycles. The second kappa shape index (κ2) is 12.1. The number of ether oxygens (including phenoxy) is 2. The van der Waals surface area contributed by atoms with Crippen molar-refractivity contribution in [2.24, 2.45) is 0 Å². The minimum Gasteiger partial charge on any atom is -0.350 e. The van der Waals surface area contributed by atoms with E-state index in [-0.39, 0.29) is 6.29 Å². The zero-order valence-corrected chi connectivity index (χ0v) is 15.8. The number of nitrogens with zero attached hydrogens (tertiary/aromatic N) is 2. The summed E-state index contributed by atoms with van der Waals surface area (Å²) in [7, 11) is -1.12. The Hall–Kier alpha value is -0.280. The summed E-state index contributed by atoms with van der Waals surface area (Å²) >= 11 is 0. The molecular weight excluding hydrogens is 315 g/mol. The Labute approximate surface area is 142 Å². The van der Waals surface area contributed by atoms with Crippen LogP contribution in [-0.2, 0) is 18.5 Å². The molecule has 1 saturated heterocycles. The molecule has 7 heteroatoms. The van der Waals surface area contributed by atoms with E-state index in [9.17, 15) is 0 Å². The predicted octanol–water partition coefficient (Wildman–Crippen LogP) is 3.82. The van der Waals surface area contributed by atoms with Gasteiger partial charge in [-0.3, -0.25) is 0 Å². The Bertz CT molecular complexity index is 335. The van der Waals surface area contributed by atoms with Gasteiger partial charge < -0.3 is 18.5 Å². The Morgan fingerprint density at radius 1 is 1.09 bits per heavy atom. The predicted molar refractivity (Wildman–Crippen MR) is 90.7 cm³/mol. The van der Waals surface area contributed by atoms with Crippen LogP contribution in [0.2, 0.25) is 0 Å². The summed E-state index contributed by atoms with van der Waals surface area (Å²) in [6.07, 6.45) is 3.23. The van der Waals surface area contributed by atoms with Crippen molar-refractivity contribution in [3.8, 4) is 6.07 Å². The van der Waals surface area contributed by atoms with Crippen LogP contribution in [0.1, 0.15) is 53.4 Å². The van der Waals surface area contributed by atoms with Gasteiger partial charge in [0.2, 0.25) is 0 Å². The number of hydrogen-bond acceptors (Lipinski definition) is 6. The average molecular weight is 346 g/mol. The molecule has 0 spiro atoms. The molecule has 1 aliphatic heterocycles. The molecule has 0 saturated carbocycles. The molecule has 1 aliphatic rings. The van der Waals surface area contributed by atoms with Gasteiger partial charge in [0.25, 0.3) is 8.53 Å². The van der Waals surface area contributed by atoms with E-state index in [0.29, 0.717) is 44.9 Å². The van der Waals surface area contributed by atoms with Gasteiger partial charge in [0.05, 0.1) is 38.9 Å². The molecule has 23 heavy (non-hydrogen) atoms. The molecule has 1 unspecified atom stereocenters. The lowest BCUT2D eigenvalue weighted by molar-refractivity contribution is -0.0483. The summed E-state index contributed by atoms with van der Waals surface area (Å²) in [6, 6.07) is 2.78. The van der Waals surface area contributed by atoms with Crippen LogP contribution in [0.3, 0.4) is 0 Å². The van der Waals surface area contributed by atoms with Crippen molar-refractivity contribution >= 4 is 8.53 Å². The van der Waals surface area contributed by atoms with Gasteiger partial charge in [-0.25, -0.2) is 4.67 Å². The van der Waals surface area contributed by atoms with Gasteiger partial charge in [-0.15, -0.1) is 0 Å². The highest BCUT2D eigenvalue weighted by molar-refractivity contribution is 7.44. The summed E-state index contributed by atoms with van der Waals surface area (Å²) < 4.78 is 25.0. The minimum atomic E-state index is -1.12. The first-order valence-corrected chi connectivity index (χ1v) is 9.63. The molecule has 6 nitrogen and oxygen atoms in total. The van der Waals surface area contributed by atoms with Gasteiger partial charge >= 0.3 is 0 Å². The summed E-state index contributed by atoms with van der Waals surface area (Å²) in [5.41, 5.74) is 0. The summed E-state index contributed by atoms with van der Waals surface area (Å²) in [5.74, 6) is 0. The number of rotatable bonds is 12. The highest BCUT2D eigenvalue weighted by Gasteiger charge is 2.27. The van der Waals surface area contributed by atoms with Gasteiger partial charge in [0, 0.05) is 12.1 Å². The van der Waals surface area contributed by atoms with Crippen LogP contribution in [0.4, 0.5) is 0 Å². The Balaban J connectivity index is 2.33. The third-order valence-corrected chi connectivity index (χ3v) is 5.50. The number of nitriles is 1. The zero-order chi connectivity index (χ0) is 17.1. The van der Waals surface area contributed by atoms with E-state index in [1.165, 1.54) is 0 Å². The van der Waals surface area contributed by atoms with Crippen molar-refractivity contribution in [2.45, 2.75) is 71.8 Å². The average Bonchev–Trinajstić information content (AvgIpc) is 2.99. The normalized spacial score (nSPS) is 17.3. The first-order valence-electron chi connectivity index (χ1n) is 8.50. The van der Waals surface area contributed by atoms with Gasteiger partial charge in [-0.1, -0.05) is 0 Å². The van der Waals surface area contributed by atoms with Crippen molar-refractivity contribution in [3.63, 3.8) is 0 Å². The molecule has 0 aromatic carbocycles. The third kappa shape index (κ3) is 8.39. The molecule has 1 rings (SSSR count). The topological polar surface area (TPSA) is 64.0 Å².